The molecule has 2 unspecified atom stereocenters. The molecule has 6 heteroatoms. The monoisotopic (exact) mass is 542 g/mol. The van der Waals surface area contributed by atoms with Crippen LogP contribution in [-0.4, -0.2) is 16.6 Å². The van der Waals surface area contributed by atoms with Crippen molar-refractivity contribution >= 4 is 44.1 Å². The molecule has 3 aromatic rings. The van der Waals surface area contributed by atoms with Crippen molar-refractivity contribution < 1.29 is 22.3 Å². The highest BCUT2D eigenvalue weighted by Gasteiger charge is 2.33. The first-order valence-corrected chi connectivity index (χ1v) is 12.1. The largest absolute Gasteiger partial charge is 0.377 e. The quantitative estimate of drug-likeness (QED) is 0.139. The molecule has 0 amide bonds. The normalized spacial score (nSPS) is 27.1. The smallest absolute Gasteiger partial charge is 0.167 e. The number of halogens is 5. The number of rotatable bonds is 2. The van der Waals surface area contributed by atoms with Gasteiger partial charge in [0, 0.05) is 20.6 Å². The van der Waals surface area contributed by atoms with Gasteiger partial charge in [-0.05, 0) is 72.9 Å². The molecular weight excluding hydrogens is 519 g/mol. The SMILES string of the molecule is Fc1ccc2ccc3cc(C4CCC(C5CCC(I)CC5)OC4)c(F)c(F)c3c2c1F. The lowest BCUT2D eigenvalue weighted by molar-refractivity contribution is -0.0397. The van der Waals surface area contributed by atoms with E-state index in [0.717, 1.165) is 35.7 Å². The third-order valence-electron chi connectivity index (χ3n) is 7.06. The average molecular weight is 542 g/mol. The molecule has 3 aromatic carbocycles. The van der Waals surface area contributed by atoms with Crippen LogP contribution in [0.1, 0.15) is 50.0 Å². The molecule has 1 heterocycles. The zero-order chi connectivity index (χ0) is 21.7. The predicted octanol–water partition coefficient (Wildman–Crippen LogP) is 7.81. The van der Waals surface area contributed by atoms with E-state index in [4.69, 9.17) is 4.74 Å². The van der Waals surface area contributed by atoms with E-state index in [0.29, 0.717) is 23.3 Å². The summed E-state index contributed by atoms with van der Waals surface area (Å²) in [6, 6.07) is 7.19. The molecule has 1 saturated heterocycles. The van der Waals surface area contributed by atoms with Gasteiger partial charge in [-0.15, -0.1) is 0 Å². The summed E-state index contributed by atoms with van der Waals surface area (Å²) >= 11 is 2.51. The van der Waals surface area contributed by atoms with Crippen molar-refractivity contribution in [3.63, 3.8) is 0 Å². The molecule has 2 aliphatic rings. The highest BCUT2D eigenvalue weighted by molar-refractivity contribution is 14.1. The molecule has 1 aliphatic heterocycles. The topological polar surface area (TPSA) is 9.23 Å². The number of ether oxygens (including phenoxy) is 1. The standard InChI is InChI=1S/C25H23F4IO/c26-19-9-5-14-1-2-15-11-18(23(27)25(29)22(15)21(14)24(19)28)16-6-10-20(31-12-16)13-3-7-17(30)8-4-13/h1-2,5,9,11,13,16-17,20H,3-4,6-8,10,12H2. The summed E-state index contributed by atoms with van der Waals surface area (Å²) < 4.78 is 65.4. The van der Waals surface area contributed by atoms with Gasteiger partial charge in [-0.2, -0.15) is 0 Å². The van der Waals surface area contributed by atoms with Crippen LogP contribution >= 0.6 is 22.6 Å². The summed E-state index contributed by atoms with van der Waals surface area (Å²) in [7, 11) is 0. The Balaban J connectivity index is 1.45. The number of hydrogen-bond acceptors (Lipinski definition) is 1. The van der Waals surface area contributed by atoms with E-state index >= 15 is 8.78 Å². The minimum Gasteiger partial charge on any atom is -0.377 e. The van der Waals surface area contributed by atoms with Crippen LogP contribution in [0.3, 0.4) is 0 Å². The molecule has 31 heavy (non-hydrogen) atoms. The van der Waals surface area contributed by atoms with E-state index in [2.05, 4.69) is 22.6 Å². The van der Waals surface area contributed by atoms with Crippen LogP contribution in [0.15, 0.2) is 30.3 Å². The molecule has 1 saturated carbocycles. The Hall–Kier alpha value is -1.41. The van der Waals surface area contributed by atoms with E-state index in [1.165, 1.54) is 18.9 Å². The lowest BCUT2D eigenvalue weighted by Gasteiger charge is -2.37. The second-order valence-corrected chi connectivity index (χ2v) is 10.6. The zero-order valence-electron chi connectivity index (χ0n) is 16.9. The average Bonchev–Trinajstić information content (AvgIpc) is 2.79. The van der Waals surface area contributed by atoms with E-state index in [1.807, 2.05) is 0 Å². The molecule has 2 fully saturated rings. The first-order chi connectivity index (χ1) is 14.9. The Morgan fingerprint density at radius 3 is 2.13 bits per heavy atom. The summed E-state index contributed by atoms with van der Waals surface area (Å²) in [6.45, 7) is 0.354. The molecule has 5 rings (SSSR count). The maximum absolute atomic E-state index is 15.2. The Bertz CT molecular complexity index is 1130. The van der Waals surface area contributed by atoms with Gasteiger partial charge in [0.15, 0.2) is 23.3 Å². The van der Waals surface area contributed by atoms with Crippen molar-refractivity contribution in [2.45, 2.75) is 54.5 Å². The van der Waals surface area contributed by atoms with Crippen molar-refractivity contribution in [1.82, 2.24) is 0 Å². The minimum atomic E-state index is -1.15. The van der Waals surface area contributed by atoms with Crippen LogP contribution in [-0.2, 0) is 4.74 Å². The molecule has 0 bridgehead atoms. The molecule has 2 atom stereocenters. The van der Waals surface area contributed by atoms with Crippen molar-refractivity contribution in [3.8, 4) is 0 Å². The van der Waals surface area contributed by atoms with Gasteiger partial charge in [0.2, 0.25) is 0 Å². The Kier molecular flexibility index (Phi) is 5.88. The third kappa shape index (κ3) is 3.84. The lowest BCUT2D eigenvalue weighted by atomic mass is 9.80. The van der Waals surface area contributed by atoms with Gasteiger partial charge in [0.25, 0.3) is 0 Å². The molecule has 0 aromatic heterocycles. The van der Waals surface area contributed by atoms with Crippen LogP contribution in [0.2, 0.25) is 0 Å². The highest BCUT2D eigenvalue weighted by Crippen LogP contribution is 2.40. The first kappa shape index (κ1) is 21.4. The molecule has 0 spiro atoms. The maximum atomic E-state index is 15.2. The Morgan fingerprint density at radius 2 is 1.42 bits per heavy atom. The second kappa shape index (κ2) is 8.50. The molecule has 1 nitrogen and oxygen atoms in total. The minimum absolute atomic E-state index is 0.189. The molecule has 0 N–H and O–H groups in total. The second-order valence-electron chi connectivity index (χ2n) is 8.88. The van der Waals surface area contributed by atoms with Gasteiger partial charge in [-0.1, -0.05) is 40.8 Å². The van der Waals surface area contributed by atoms with E-state index in [1.54, 1.807) is 18.2 Å². The zero-order valence-corrected chi connectivity index (χ0v) is 19.1. The van der Waals surface area contributed by atoms with Crippen molar-refractivity contribution in [1.29, 1.82) is 0 Å². The van der Waals surface area contributed by atoms with Crippen LogP contribution in [0.5, 0.6) is 0 Å². The fourth-order valence-corrected chi connectivity index (χ4v) is 6.05. The van der Waals surface area contributed by atoms with Gasteiger partial charge in [0.1, 0.15) is 0 Å². The fraction of sp³-hybridized carbons (Fsp3) is 0.440. The lowest BCUT2D eigenvalue weighted by Crippen LogP contribution is -2.33. The van der Waals surface area contributed by atoms with Crippen LogP contribution < -0.4 is 0 Å². The summed E-state index contributed by atoms with van der Waals surface area (Å²) in [5.74, 6) is -4.03. The van der Waals surface area contributed by atoms with E-state index < -0.39 is 23.3 Å². The van der Waals surface area contributed by atoms with E-state index in [-0.39, 0.29) is 28.4 Å². The van der Waals surface area contributed by atoms with Crippen LogP contribution in [0.25, 0.3) is 21.5 Å². The van der Waals surface area contributed by atoms with E-state index in [9.17, 15) is 8.78 Å². The van der Waals surface area contributed by atoms with Gasteiger partial charge < -0.3 is 4.74 Å². The summed E-state index contributed by atoms with van der Waals surface area (Å²) in [5, 5.41) is 0.281. The summed E-state index contributed by atoms with van der Waals surface area (Å²) in [4.78, 5) is 0. The summed E-state index contributed by atoms with van der Waals surface area (Å²) in [6.07, 6.45) is 6.50. The maximum Gasteiger partial charge on any atom is 0.167 e. The number of hydrogen-bond donors (Lipinski definition) is 0. The van der Waals surface area contributed by atoms with Crippen molar-refractivity contribution in [3.05, 3.63) is 59.2 Å². The van der Waals surface area contributed by atoms with Gasteiger partial charge >= 0.3 is 0 Å². The van der Waals surface area contributed by atoms with Gasteiger partial charge in [0.05, 0.1) is 12.7 Å². The molecule has 164 valence electrons. The summed E-state index contributed by atoms with van der Waals surface area (Å²) in [5.41, 5.74) is 0.260. The fourth-order valence-electron chi connectivity index (χ4n) is 5.33. The molecule has 0 radical (unpaired) electrons. The first-order valence-electron chi connectivity index (χ1n) is 10.9. The van der Waals surface area contributed by atoms with Gasteiger partial charge in [-0.3, -0.25) is 0 Å². The molecular formula is C25H23F4IO. The number of alkyl halides is 1. The van der Waals surface area contributed by atoms with Crippen LogP contribution in [0, 0.1) is 29.2 Å². The van der Waals surface area contributed by atoms with Crippen LogP contribution in [0.4, 0.5) is 17.6 Å². The highest BCUT2D eigenvalue weighted by atomic mass is 127. The Morgan fingerprint density at radius 1 is 0.742 bits per heavy atom. The number of benzene rings is 3. The van der Waals surface area contributed by atoms with Crippen molar-refractivity contribution in [2.75, 3.05) is 6.61 Å². The van der Waals surface area contributed by atoms with Crippen molar-refractivity contribution in [2.24, 2.45) is 5.92 Å². The Labute approximate surface area is 192 Å². The third-order valence-corrected chi connectivity index (χ3v) is 8.31. The number of fused-ring (bicyclic) bond motifs is 3. The predicted molar refractivity (Wildman–Crippen MR) is 123 cm³/mol. The molecule has 1 aliphatic carbocycles. The van der Waals surface area contributed by atoms with Gasteiger partial charge in [-0.25, -0.2) is 17.6 Å².